The number of benzene rings is 2. The number of nitrogens with one attached hydrogen (secondary N) is 2. The van der Waals surface area contributed by atoms with E-state index in [4.69, 9.17) is 0 Å². The number of aromatic nitrogens is 3. The van der Waals surface area contributed by atoms with Crippen LogP contribution in [-0.2, 0) is 6.54 Å². The first-order valence-corrected chi connectivity index (χ1v) is 17.7. The van der Waals surface area contributed by atoms with Gasteiger partial charge in [0.25, 0.3) is 5.56 Å². The molecule has 2 aromatic carbocycles. The highest BCUT2D eigenvalue weighted by atomic mass is 19.1. The number of fused-ring (bicyclic) bond motifs is 2. The minimum absolute atomic E-state index is 0.0189. The fourth-order valence-corrected chi connectivity index (χ4v) is 7.78. The Morgan fingerprint density at radius 1 is 1.06 bits per heavy atom. The van der Waals surface area contributed by atoms with E-state index >= 15 is 0 Å². The molecule has 4 aliphatic rings. The molecule has 0 spiro atoms. The molecular formula is C39H41F2N7O4. The second kappa shape index (κ2) is 13.5. The van der Waals surface area contributed by atoms with Crippen molar-refractivity contribution in [3.8, 4) is 22.6 Å². The Morgan fingerprint density at radius 3 is 2.65 bits per heavy atom. The van der Waals surface area contributed by atoms with Crippen LogP contribution in [-0.4, -0.2) is 72.1 Å². The van der Waals surface area contributed by atoms with Gasteiger partial charge in [0.2, 0.25) is 0 Å². The zero-order chi connectivity index (χ0) is 36.1. The first-order chi connectivity index (χ1) is 25.0. The van der Waals surface area contributed by atoms with Crippen molar-refractivity contribution < 1.29 is 19.0 Å². The first-order valence-electron chi connectivity index (χ1n) is 17.7. The van der Waals surface area contributed by atoms with E-state index < -0.39 is 28.7 Å². The van der Waals surface area contributed by atoms with E-state index in [2.05, 4.69) is 15.6 Å². The summed E-state index contributed by atoms with van der Waals surface area (Å²) in [4.78, 5) is 36.4. The van der Waals surface area contributed by atoms with Crippen molar-refractivity contribution in [2.45, 2.75) is 68.9 Å². The van der Waals surface area contributed by atoms with Crippen LogP contribution in [0.2, 0.25) is 0 Å². The number of hydrogen-bond donors (Lipinski definition) is 4. The van der Waals surface area contributed by atoms with Crippen LogP contribution < -0.4 is 21.9 Å². The molecule has 1 atom stereocenters. The lowest BCUT2D eigenvalue weighted by molar-refractivity contribution is 0.101. The molecule has 4 aromatic rings. The Labute approximate surface area is 298 Å². The quantitative estimate of drug-likeness (QED) is 0.188. The zero-order valence-corrected chi connectivity index (χ0v) is 28.8. The van der Waals surface area contributed by atoms with Gasteiger partial charge in [0.05, 0.1) is 22.9 Å². The largest absolute Gasteiger partial charge is 0.508 e. The molecule has 270 valence electrons. The molecule has 52 heavy (non-hydrogen) atoms. The van der Waals surface area contributed by atoms with Crippen LogP contribution in [0.15, 0.2) is 100 Å². The van der Waals surface area contributed by atoms with Gasteiger partial charge in [-0.1, -0.05) is 18.2 Å². The molecule has 4 heterocycles. The van der Waals surface area contributed by atoms with Crippen LogP contribution in [0.25, 0.3) is 27.8 Å². The maximum atomic E-state index is 14.6. The van der Waals surface area contributed by atoms with Gasteiger partial charge in [-0.3, -0.25) is 14.3 Å². The van der Waals surface area contributed by atoms with E-state index in [0.717, 1.165) is 60.3 Å². The molecule has 13 heteroatoms. The normalized spacial score (nSPS) is 21.9. The van der Waals surface area contributed by atoms with Crippen molar-refractivity contribution in [2.24, 2.45) is 0 Å². The summed E-state index contributed by atoms with van der Waals surface area (Å²) in [5.41, 5.74) is 2.16. The summed E-state index contributed by atoms with van der Waals surface area (Å²) in [6, 6.07) is 13.4. The SMILES string of the molecule is CN(Cc1cc(O)ccc1-c1cccc(-n2c(=O)n(C3CCC(NCC4=CN5C=C(F)C=CC5N4)CC3)c(=O)c3cc(F)cnc32)c1)CC1(O)CC1. The van der Waals surface area contributed by atoms with E-state index in [1.807, 2.05) is 42.4 Å². The van der Waals surface area contributed by atoms with Crippen LogP contribution >= 0.6 is 0 Å². The molecule has 2 saturated carbocycles. The molecule has 11 nitrogen and oxygen atoms in total. The molecule has 4 N–H and O–H groups in total. The lowest BCUT2D eigenvalue weighted by Gasteiger charge is -2.30. The second-order valence-corrected chi connectivity index (χ2v) is 14.6. The summed E-state index contributed by atoms with van der Waals surface area (Å²) in [5, 5.41) is 27.8. The number of phenolic OH excluding ortho intramolecular Hbond substituents is 1. The number of likely N-dealkylation sites (N-methyl/N-ethyl adjacent to an activating group) is 1. The number of hydrogen-bond acceptors (Lipinski definition) is 9. The van der Waals surface area contributed by atoms with Gasteiger partial charge in [-0.05, 0) is 105 Å². The minimum atomic E-state index is -0.670. The predicted molar refractivity (Wildman–Crippen MR) is 194 cm³/mol. The molecule has 0 saturated heterocycles. The average molecular weight is 710 g/mol. The average Bonchev–Trinajstić information content (AvgIpc) is 3.70. The van der Waals surface area contributed by atoms with Gasteiger partial charge in [-0.2, -0.15) is 0 Å². The van der Waals surface area contributed by atoms with Gasteiger partial charge in [-0.25, -0.2) is 23.1 Å². The fraction of sp³-hybridized carbons (Fsp3) is 0.359. The summed E-state index contributed by atoms with van der Waals surface area (Å²) in [6.07, 6.45) is 11.6. The van der Waals surface area contributed by atoms with Crippen LogP contribution in [0, 0.1) is 5.82 Å². The van der Waals surface area contributed by atoms with Gasteiger partial charge in [0.1, 0.15) is 23.6 Å². The van der Waals surface area contributed by atoms with E-state index in [1.165, 1.54) is 21.4 Å². The molecular weight excluding hydrogens is 668 g/mol. The number of allylic oxidation sites excluding steroid dienone is 2. The van der Waals surface area contributed by atoms with Crippen LogP contribution in [0.5, 0.6) is 5.75 Å². The van der Waals surface area contributed by atoms with Crippen molar-refractivity contribution in [2.75, 3.05) is 20.1 Å². The third kappa shape index (κ3) is 6.79. The van der Waals surface area contributed by atoms with Crippen LogP contribution in [0.1, 0.15) is 50.1 Å². The minimum Gasteiger partial charge on any atom is -0.508 e. The third-order valence-corrected chi connectivity index (χ3v) is 10.5. The highest BCUT2D eigenvalue weighted by Gasteiger charge is 2.41. The number of halogens is 2. The Morgan fingerprint density at radius 2 is 1.87 bits per heavy atom. The number of phenols is 1. The van der Waals surface area contributed by atoms with Crippen molar-refractivity contribution in [1.29, 1.82) is 0 Å². The van der Waals surface area contributed by atoms with Gasteiger partial charge in [-0.15, -0.1) is 0 Å². The molecule has 2 aliphatic heterocycles. The lowest BCUT2D eigenvalue weighted by atomic mass is 9.91. The summed E-state index contributed by atoms with van der Waals surface area (Å²) in [7, 11) is 1.93. The molecule has 2 aromatic heterocycles. The highest BCUT2D eigenvalue weighted by molar-refractivity contribution is 5.77. The number of rotatable bonds is 10. The molecule has 8 rings (SSSR count). The number of nitrogens with zero attached hydrogens (tertiary/aromatic N) is 5. The number of aromatic hydroxyl groups is 1. The Bertz CT molecular complexity index is 2250. The molecule has 0 radical (unpaired) electrons. The molecule has 1 unspecified atom stereocenters. The Hall–Kier alpha value is -5.11. The summed E-state index contributed by atoms with van der Waals surface area (Å²) in [6.45, 7) is 1.55. The first kappa shape index (κ1) is 34.0. The maximum Gasteiger partial charge on any atom is 0.337 e. The van der Waals surface area contributed by atoms with Gasteiger partial charge in [0.15, 0.2) is 5.65 Å². The van der Waals surface area contributed by atoms with Crippen LogP contribution in [0.4, 0.5) is 8.78 Å². The monoisotopic (exact) mass is 709 g/mol. The standard InChI is InChI=1S/C39H41F2N7O4/c1-45(23-39(52)13-14-39)20-25-16-32(49)10-11-33(25)24-3-2-4-31(15-24)47-36-34(17-27(41)18-43-36)37(50)48(38(47)51)30-8-6-28(7-9-30)42-19-29-22-46-21-26(40)5-12-35(46)44-29/h2-5,10-12,15-18,21-22,28,30,35,42,44,49,52H,6-9,13-14,19-20,23H2,1H3. The highest BCUT2D eigenvalue weighted by Crippen LogP contribution is 2.37. The number of aliphatic hydroxyl groups is 1. The van der Waals surface area contributed by atoms with Gasteiger partial charge in [0, 0.05) is 49.8 Å². The Balaban J connectivity index is 1.07. The smallest absolute Gasteiger partial charge is 0.337 e. The molecule has 0 bridgehead atoms. The molecule has 0 amide bonds. The summed E-state index contributed by atoms with van der Waals surface area (Å²) >= 11 is 0. The van der Waals surface area contributed by atoms with Crippen molar-refractivity contribution in [1.82, 2.24) is 34.6 Å². The second-order valence-electron chi connectivity index (χ2n) is 14.6. The van der Waals surface area contributed by atoms with Crippen molar-refractivity contribution in [3.05, 3.63) is 123 Å². The fourth-order valence-electron chi connectivity index (χ4n) is 7.78. The van der Waals surface area contributed by atoms with E-state index in [0.29, 0.717) is 38.2 Å². The van der Waals surface area contributed by atoms with Gasteiger partial charge >= 0.3 is 5.69 Å². The zero-order valence-electron chi connectivity index (χ0n) is 28.8. The number of pyridine rings is 1. The van der Waals surface area contributed by atoms with E-state index in [-0.39, 0.29) is 34.8 Å². The topological polar surface area (TPSA) is 128 Å². The predicted octanol–water partition coefficient (Wildman–Crippen LogP) is 4.54. The van der Waals surface area contributed by atoms with Crippen molar-refractivity contribution >= 4 is 11.0 Å². The van der Waals surface area contributed by atoms with Crippen molar-refractivity contribution in [3.63, 3.8) is 0 Å². The molecule has 2 aliphatic carbocycles. The third-order valence-electron chi connectivity index (χ3n) is 10.5. The van der Waals surface area contributed by atoms with Crippen LogP contribution in [0.3, 0.4) is 0 Å². The summed E-state index contributed by atoms with van der Waals surface area (Å²) in [5.74, 6) is -0.850. The molecule has 2 fully saturated rings. The van der Waals surface area contributed by atoms with Gasteiger partial charge < -0.3 is 25.7 Å². The maximum absolute atomic E-state index is 14.6. The summed E-state index contributed by atoms with van der Waals surface area (Å²) < 4.78 is 30.9. The Kier molecular flexibility index (Phi) is 8.80. The van der Waals surface area contributed by atoms with E-state index in [9.17, 15) is 28.6 Å². The lowest BCUT2D eigenvalue weighted by Crippen LogP contribution is -2.45. The van der Waals surface area contributed by atoms with E-state index in [1.54, 1.807) is 29.2 Å².